The van der Waals surface area contributed by atoms with E-state index in [9.17, 15) is 9.50 Å². The van der Waals surface area contributed by atoms with Crippen molar-refractivity contribution in [3.8, 4) is 5.75 Å². The van der Waals surface area contributed by atoms with Crippen molar-refractivity contribution in [1.29, 1.82) is 0 Å². The van der Waals surface area contributed by atoms with Crippen molar-refractivity contribution >= 4 is 0 Å². The van der Waals surface area contributed by atoms with Gasteiger partial charge >= 0.3 is 0 Å². The topological polar surface area (TPSA) is 32.7 Å². The molecule has 1 fully saturated rings. The quantitative estimate of drug-likeness (QED) is 0.807. The maximum atomic E-state index is 13.5. The summed E-state index contributed by atoms with van der Waals surface area (Å²) >= 11 is 0. The molecule has 2 atom stereocenters. The first-order valence-electron chi connectivity index (χ1n) is 6.10. The van der Waals surface area contributed by atoms with Crippen LogP contribution in [0.4, 0.5) is 4.39 Å². The summed E-state index contributed by atoms with van der Waals surface area (Å²) in [5.74, 6) is -0.170. The zero-order chi connectivity index (χ0) is 11.8. The number of aliphatic hydroxyl groups is 1. The zero-order valence-corrected chi connectivity index (χ0v) is 9.60. The van der Waals surface area contributed by atoms with E-state index < -0.39 is 6.10 Å². The number of likely N-dealkylation sites (tertiary alicyclic amines) is 1. The number of hydrogen-bond donors (Lipinski definition) is 1. The molecule has 92 valence electrons. The van der Waals surface area contributed by atoms with E-state index in [1.807, 2.05) is 0 Å². The third kappa shape index (κ3) is 1.81. The van der Waals surface area contributed by atoms with Gasteiger partial charge in [-0.2, -0.15) is 0 Å². The van der Waals surface area contributed by atoms with Gasteiger partial charge in [0.25, 0.3) is 0 Å². The molecule has 2 heterocycles. The molecule has 1 saturated heterocycles. The standard InChI is InChI=1S/C13H16FNO2/c14-10-5-3-4-9-12(16)11(8-17-13(9)10)15-6-1-2-7-15/h3-5,11-12,16H,1-2,6-8H2. The summed E-state index contributed by atoms with van der Waals surface area (Å²) in [6.07, 6.45) is 1.69. The van der Waals surface area contributed by atoms with E-state index in [-0.39, 0.29) is 17.6 Å². The average Bonchev–Trinajstić information content (AvgIpc) is 2.84. The molecule has 0 radical (unpaired) electrons. The summed E-state index contributed by atoms with van der Waals surface area (Å²) in [6.45, 7) is 2.36. The lowest BCUT2D eigenvalue weighted by Crippen LogP contribution is -2.44. The van der Waals surface area contributed by atoms with Gasteiger partial charge in [0.05, 0.1) is 6.04 Å². The minimum Gasteiger partial charge on any atom is -0.488 e. The molecule has 4 heteroatoms. The average molecular weight is 237 g/mol. The minimum absolute atomic E-state index is 0.0354. The number of fused-ring (bicyclic) bond motifs is 1. The molecule has 2 aliphatic rings. The minimum atomic E-state index is -0.646. The van der Waals surface area contributed by atoms with Crippen molar-refractivity contribution < 1.29 is 14.2 Å². The van der Waals surface area contributed by atoms with Gasteiger partial charge in [0.2, 0.25) is 0 Å². The van der Waals surface area contributed by atoms with E-state index in [0.29, 0.717) is 12.2 Å². The Labute approximate surface area is 99.8 Å². The van der Waals surface area contributed by atoms with Gasteiger partial charge in [0.15, 0.2) is 11.6 Å². The monoisotopic (exact) mass is 237 g/mol. The Morgan fingerprint density at radius 1 is 1.29 bits per heavy atom. The summed E-state index contributed by atoms with van der Waals surface area (Å²) < 4.78 is 19.0. The lowest BCUT2D eigenvalue weighted by Gasteiger charge is -2.36. The molecular formula is C13H16FNO2. The lowest BCUT2D eigenvalue weighted by atomic mass is 9.98. The van der Waals surface area contributed by atoms with Crippen LogP contribution in [0.15, 0.2) is 18.2 Å². The van der Waals surface area contributed by atoms with Crippen molar-refractivity contribution in [1.82, 2.24) is 4.90 Å². The summed E-state index contributed by atoms with van der Waals surface area (Å²) in [5, 5.41) is 10.3. The SMILES string of the molecule is OC1c2cccc(F)c2OCC1N1CCCC1. The Hall–Kier alpha value is -1.13. The number of aliphatic hydroxyl groups excluding tert-OH is 1. The molecule has 2 aliphatic heterocycles. The maximum Gasteiger partial charge on any atom is 0.165 e. The maximum absolute atomic E-state index is 13.5. The fraction of sp³-hybridized carbons (Fsp3) is 0.538. The smallest absolute Gasteiger partial charge is 0.165 e. The predicted octanol–water partition coefficient (Wildman–Crippen LogP) is 1.72. The number of ether oxygens (including phenoxy) is 1. The number of halogens is 1. The van der Waals surface area contributed by atoms with E-state index in [4.69, 9.17) is 4.74 Å². The van der Waals surface area contributed by atoms with Crippen LogP contribution < -0.4 is 4.74 Å². The van der Waals surface area contributed by atoms with Crippen molar-refractivity contribution in [2.45, 2.75) is 25.0 Å². The fourth-order valence-electron chi connectivity index (χ4n) is 2.76. The molecule has 1 aromatic rings. The Kier molecular flexibility index (Phi) is 2.76. The Bertz CT molecular complexity index is 418. The Morgan fingerprint density at radius 3 is 2.82 bits per heavy atom. The van der Waals surface area contributed by atoms with E-state index in [1.54, 1.807) is 12.1 Å². The molecule has 3 rings (SSSR count). The summed E-state index contributed by atoms with van der Waals surface area (Å²) in [7, 11) is 0. The first-order valence-corrected chi connectivity index (χ1v) is 6.10. The number of nitrogens with zero attached hydrogens (tertiary/aromatic N) is 1. The second-order valence-corrected chi connectivity index (χ2v) is 4.72. The second-order valence-electron chi connectivity index (χ2n) is 4.72. The van der Waals surface area contributed by atoms with Crippen LogP contribution in [0.1, 0.15) is 24.5 Å². The van der Waals surface area contributed by atoms with Crippen LogP contribution in [0.25, 0.3) is 0 Å². The fourth-order valence-corrected chi connectivity index (χ4v) is 2.76. The summed E-state index contributed by atoms with van der Waals surface area (Å²) in [4.78, 5) is 2.23. The van der Waals surface area contributed by atoms with E-state index in [2.05, 4.69) is 4.90 Å². The predicted molar refractivity (Wildman–Crippen MR) is 61.4 cm³/mol. The highest BCUT2D eigenvalue weighted by Gasteiger charge is 2.35. The van der Waals surface area contributed by atoms with Crippen molar-refractivity contribution in [2.75, 3.05) is 19.7 Å². The largest absolute Gasteiger partial charge is 0.488 e. The van der Waals surface area contributed by atoms with Crippen LogP contribution in [-0.4, -0.2) is 35.7 Å². The van der Waals surface area contributed by atoms with Gasteiger partial charge in [0, 0.05) is 5.56 Å². The van der Waals surface area contributed by atoms with E-state index in [0.717, 1.165) is 13.1 Å². The molecule has 0 amide bonds. The van der Waals surface area contributed by atoms with E-state index in [1.165, 1.54) is 18.9 Å². The first-order chi connectivity index (χ1) is 8.27. The van der Waals surface area contributed by atoms with Gasteiger partial charge < -0.3 is 9.84 Å². The van der Waals surface area contributed by atoms with Gasteiger partial charge in [-0.05, 0) is 32.0 Å². The molecule has 3 nitrogen and oxygen atoms in total. The van der Waals surface area contributed by atoms with Crippen LogP contribution in [0.3, 0.4) is 0 Å². The zero-order valence-electron chi connectivity index (χ0n) is 9.60. The highest BCUT2D eigenvalue weighted by atomic mass is 19.1. The molecule has 0 spiro atoms. The van der Waals surface area contributed by atoms with Crippen molar-refractivity contribution in [3.63, 3.8) is 0 Å². The van der Waals surface area contributed by atoms with Gasteiger partial charge in [-0.1, -0.05) is 12.1 Å². The molecule has 0 aliphatic carbocycles. The van der Waals surface area contributed by atoms with Gasteiger partial charge in [-0.15, -0.1) is 0 Å². The van der Waals surface area contributed by atoms with Crippen LogP contribution in [0.2, 0.25) is 0 Å². The van der Waals surface area contributed by atoms with Crippen molar-refractivity contribution in [2.24, 2.45) is 0 Å². The van der Waals surface area contributed by atoms with Crippen LogP contribution >= 0.6 is 0 Å². The third-order valence-corrected chi connectivity index (χ3v) is 3.69. The summed E-state index contributed by atoms with van der Waals surface area (Å²) in [5.41, 5.74) is 0.577. The number of rotatable bonds is 1. The van der Waals surface area contributed by atoms with Gasteiger partial charge in [0.1, 0.15) is 12.7 Å². The molecule has 17 heavy (non-hydrogen) atoms. The first kappa shape index (κ1) is 11.0. The lowest BCUT2D eigenvalue weighted by molar-refractivity contribution is 0.0122. The number of benzene rings is 1. The number of hydrogen-bond acceptors (Lipinski definition) is 3. The number of para-hydroxylation sites is 1. The second kappa shape index (κ2) is 4.27. The molecule has 1 N–H and O–H groups in total. The van der Waals surface area contributed by atoms with Crippen molar-refractivity contribution in [3.05, 3.63) is 29.6 Å². The highest BCUT2D eigenvalue weighted by Crippen LogP contribution is 2.36. The van der Waals surface area contributed by atoms with Gasteiger partial charge in [-0.25, -0.2) is 4.39 Å². The van der Waals surface area contributed by atoms with Crippen LogP contribution in [-0.2, 0) is 0 Å². The third-order valence-electron chi connectivity index (χ3n) is 3.69. The molecule has 0 saturated carbocycles. The van der Waals surface area contributed by atoms with Crippen LogP contribution in [0, 0.1) is 5.82 Å². The molecule has 0 bridgehead atoms. The highest BCUT2D eigenvalue weighted by molar-refractivity contribution is 5.39. The normalized spacial score (nSPS) is 28.8. The van der Waals surface area contributed by atoms with Crippen LogP contribution in [0.5, 0.6) is 5.75 Å². The Balaban J connectivity index is 1.89. The molecule has 1 aromatic carbocycles. The Morgan fingerprint density at radius 2 is 2.06 bits per heavy atom. The molecular weight excluding hydrogens is 221 g/mol. The molecule has 2 unspecified atom stereocenters. The summed E-state index contributed by atoms with van der Waals surface area (Å²) in [6, 6.07) is 4.69. The molecule has 0 aromatic heterocycles. The van der Waals surface area contributed by atoms with E-state index >= 15 is 0 Å². The van der Waals surface area contributed by atoms with Gasteiger partial charge in [-0.3, -0.25) is 4.90 Å².